The number of allylic oxidation sites excluding steroid dienone is 2. The van der Waals surface area contributed by atoms with E-state index < -0.39 is 80.9 Å². The molecule has 0 radical (unpaired) electrons. The van der Waals surface area contributed by atoms with E-state index in [2.05, 4.69) is 5.43 Å². The summed E-state index contributed by atoms with van der Waals surface area (Å²) in [6.07, 6.45) is 1.82. The number of imide groups is 2. The zero-order valence-electron chi connectivity index (χ0n) is 26.9. The molecule has 1 saturated carbocycles. The van der Waals surface area contributed by atoms with E-state index in [1.807, 2.05) is 0 Å². The molecule has 8 rings (SSSR count). The molecule has 0 bridgehead atoms. The van der Waals surface area contributed by atoms with Gasteiger partial charge in [-0.2, -0.15) is 5.01 Å². The highest BCUT2D eigenvalue weighted by Gasteiger charge is 2.70. The molecule has 2 aliphatic heterocycles. The molecule has 0 spiro atoms. The molecule has 4 aromatic rings. The maximum atomic E-state index is 15.3. The highest BCUT2D eigenvalue weighted by atomic mass is 35.5. The number of hydrazine groups is 1. The minimum absolute atomic E-state index is 0.0496. The van der Waals surface area contributed by atoms with Crippen LogP contribution in [0.3, 0.4) is 0 Å². The lowest BCUT2D eigenvalue weighted by Gasteiger charge is -2.50. The van der Waals surface area contributed by atoms with Crippen molar-refractivity contribution in [2.75, 3.05) is 10.3 Å². The van der Waals surface area contributed by atoms with Crippen LogP contribution in [-0.4, -0.2) is 38.7 Å². The molecular weight excluding hydrogens is 698 g/mol. The van der Waals surface area contributed by atoms with E-state index in [9.17, 15) is 34.0 Å². The van der Waals surface area contributed by atoms with E-state index in [0.717, 1.165) is 34.2 Å². The van der Waals surface area contributed by atoms with Gasteiger partial charge < -0.3 is 5.11 Å². The minimum atomic E-state index is -1.73. The number of carbonyl (C=O) groups excluding carboxylic acids is 4. The summed E-state index contributed by atoms with van der Waals surface area (Å²) < 4.78 is 29.1. The Morgan fingerprint density at radius 2 is 1.56 bits per heavy atom. The van der Waals surface area contributed by atoms with Gasteiger partial charge in [-0.25, -0.2) is 8.78 Å². The number of hydrogen-bond acceptors (Lipinski definition) is 8. The molecule has 52 heavy (non-hydrogen) atoms. The summed E-state index contributed by atoms with van der Waals surface area (Å²) >= 11 is 6.28. The Labute approximate surface area is 299 Å². The Kier molecular flexibility index (Phi) is 7.72. The fraction of sp³-hybridized carbons (Fsp3) is 0.211. The Morgan fingerprint density at radius 1 is 0.865 bits per heavy atom. The van der Waals surface area contributed by atoms with Crippen molar-refractivity contribution in [2.45, 2.75) is 24.2 Å². The van der Waals surface area contributed by atoms with Crippen LogP contribution in [0.15, 0.2) is 103 Å². The van der Waals surface area contributed by atoms with E-state index in [4.69, 9.17) is 11.6 Å². The first-order valence-electron chi connectivity index (χ1n) is 16.4. The van der Waals surface area contributed by atoms with E-state index in [1.54, 1.807) is 30.3 Å². The van der Waals surface area contributed by atoms with E-state index in [0.29, 0.717) is 16.2 Å². The van der Waals surface area contributed by atoms with Gasteiger partial charge in [0.05, 0.1) is 39.5 Å². The third kappa shape index (κ3) is 4.83. The molecule has 3 fully saturated rings. The Bertz CT molecular complexity index is 2230. The van der Waals surface area contributed by atoms with Crippen molar-refractivity contribution >= 4 is 52.3 Å². The number of amides is 4. The number of aromatic hydroxyl groups is 1. The number of nitro benzene ring substituents is 1. The van der Waals surface area contributed by atoms with Crippen molar-refractivity contribution in [2.24, 2.45) is 23.7 Å². The van der Waals surface area contributed by atoms with Crippen LogP contribution in [0.4, 0.5) is 25.8 Å². The zero-order valence-corrected chi connectivity index (χ0v) is 27.7. The quantitative estimate of drug-likeness (QED) is 0.100. The molecule has 0 aromatic heterocycles. The second-order valence-electron chi connectivity index (χ2n) is 13.4. The number of non-ortho nitro benzene ring substituents is 1. The third-order valence-corrected chi connectivity index (χ3v) is 11.1. The number of nitrogens with one attached hydrogen (secondary N) is 1. The van der Waals surface area contributed by atoms with Gasteiger partial charge in [0.2, 0.25) is 11.8 Å². The van der Waals surface area contributed by atoms with Gasteiger partial charge in [-0.05, 0) is 90.6 Å². The number of carbonyl (C=O) groups is 4. The van der Waals surface area contributed by atoms with Crippen molar-refractivity contribution in [3.05, 3.63) is 141 Å². The van der Waals surface area contributed by atoms with Crippen LogP contribution in [0.2, 0.25) is 5.02 Å². The molecule has 14 heteroatoms. The summed E-state index contributed by atoms with van der Waals surface area (Å²) in [5, 5.41) is 22.7. The van der Waals surface area contributed by atoms with Crippen LogP contribution in [0.1, 0.15) is 29.9 Å². The summed E-state index contributed by atoms with van der Waals surface area (Å²) in [7, 11) is 0. The molecule has 11 nitrogen and oxygen atoms in total. The number of halogens is 3. The number of rotatable bonds is 6. The molecule has 2 heterocycles. The Balaban J connectivity index is 1.30. The number of phenolic OH excluding ortho intramolecular Hbond substituents is 1. The smallest absolute Gasteiger partial charge is 0.269 e. The number of anilines is 2. The highest BCUT2D eigenvalue weighted by Crippen LogP contribution is 2.64. The molecule has 262 valence electrons. The van der Waals surface area contributed by atoms with Gasteiger partial charge in [-0.1, -0.05) is 41.4 Å². The fourth-order valence-electron chi connectivity index (χ4n) is 8.71. The van der Waals surface area contributed by atoms with Gasteiger partial charge in [0.1, 0.15) is 5.82 Å². The number of fused-ring (bicyclic) bond motifs is 4. The summed E-state index contributed by atoms with van der Waals surface area (Å²) in [4.78, 5) is 69.7. The van der Waals surface area contributed by atoms with Gasteiger partial charge in [0.25, 0.3) is 17.5 Å². The lowest BCUT2D eigenvalue weighted by atomic mass is 9.49. The van der Waals surface area contributed by atoms with Crippen LogP contribution >= 0.6 is 11.6 Å². The summed E-state index contributed by atoms with van der Waals surface area (Å²) in [6.45, 7) is 0. The summed E-state index contributed by atoms with van der Waals surface area (Å²) in [5.41, 5.74) is 2.48. The Hall–Kier alpha value is -5.95. The predicted octanol–water partition coefficient (Wildman–Crippen LogP) is 6.42. The van der Waals surface area contributed by atoms with E-state index in [1.165, 1.54) is 42.5 Å². The average molecular weight is 725 g/mol. The number of phenols is 1. The standard InChI is InChI=1S/C38H27ClF2N4O7/c39-21-4-2-20(3-5-21)38-29(35(48)44(37(38)50)42-23-8-6-22(40)7-9-23)18-28-26(33(38)19-1-16-31(46)30(41)17-19)14-15-27-32(28)36(49)43(34(27)47)24-10-12-25(13-11-24)45(51)52/h1-14,16-17,27-29,32-33,42,46H,15,18H2. The second-order valence-corrected chi connectivity index (χ2v) is 13.8. The van der Waals surface area contributed by atoms with E-state index >= 15 is 9.18 Å². The minimum Gasteiger partial charge on any atom is -0.505 e. The first-order chi connectivity index (χ1) is 24.9. The highest BCUT2D eigenvalue weighted by molar-refractivity contribution is 6.30. The first-order valence-corrected chi connectivity index (χ1v) is 16.8. The molecule has 4 amide bonds. The lowest BCUT2D eigenvalue weighted by Crippen LogP contribution is -2.53. The van der Waals surface area contributed by atoms with Crippen LogP contribution < -0.4 is 10.3 Å². The van der Waals surface area contributed by atoms with Gasteiger partial charge >= 0.3 is 0 Å². The molecule has 6 atom stereocenters. The zero-order chi connectivity index (χ0) is 36.6. The predicted molar refractivity (Wildman–Crippen MR) is 183 cm³/mol. The van der Waals surface area contributed by atoms with Crippen LogP contribution in [0.5, 0.6) is 5.75 Å². The van der Waals surface area contributed by atoms with Crippen LogP contribution in [0.25, 0.3) is 0 Å². The van der Waals surface area contributed by atoms with Gasteiger partial charge in [0.15, 0.2) is 11.6 Å². The SMILES string of the molecule is O=C1C2CC3C(=CCC4C(=O)N(c5ccc([N+](=O)[O-])cc5)C(=O)C43)C(c3ccc(O)c(F)c3)C2(c2ccc(Cl)cc2)C(=O)N1Nc1ccc(F)cc1. The largest absolute Gasteiger partial charge is 0.505 e. The van der Waals surface area contributed by atoms with Crippen molar-refractivity contribution in [3.63, 3.8) is 0 Å². The fourth-order valence-corrected chi connectivity index (χ4v) is 8.84. The molecule has 2 N–H and O–H groups in total. The van der Waals surface area contributed by atoms with Gasteiger partial charge in [0, 0.05) is 23.1 Å². The Morgan fingerprint density at radius 3 is 2.21 bits per heavy atom. The van der Waals surface area contributed by atoms with Crippen LogP contribution in [-0.2, 0) is 24.6 Å². The summed E-state index contributed by atoms with van der Waals surface area (Å²) in [6, 6.07) is 20.2. The molecule has 2 saturated heterocycles. The maximum Gasteiger partial charge on any atom is 0.269 e. The van der Waals surface area contributed by atoms with Crippen molar-refractivity contribution in [3.8, 4) is 5.75 Å². The maximum absolute atomic E-state index is 15.3. The van der Waals surface area contributed by atoms with Crippen molar-refractivity contribution < 1.29 is 38.0 Å². The molecular formula is C38H27ClF2N4O7. The van der Waals surface area contributed by atoms with Crippen molar-refractivity contribution in [1.29, 1.82) is 0 Å². The monoisotopic (exact) mass is 724 g/mol. The van der Waals surface area contributed by atoms with Gasteiger partial charge in [-0.15, -0.1) is 0 Å². The number of benzene rings is 4. The molecule has 2 aliphatic carbocycles. The number of nitrogens with zero attached hydrogens (tertiary/aromatic N) is 3. The normalized spacial score (nSPS) is 26.5. The number of hydrogen-bond donors (Lipinski definition) is 2. The lowest BCUT2D eigenvalue weighted by molar-refractivity contribution is -0.384. The summed E-state index contributed by atoms with van der Waals surface area (Å²) in [5.74, 6) is -9.34. The number of nitro groups is 1. The third-order valence-electron chi connectivity index (χ3n) is 10.9. The van der Waals surface area contributed by atoms with Gasteiger partial charge in [-0.3, -0.25) is 39.6 Å². The average Bonchev–Trinajstić information content (AvgIpc) is 3.51. The van der Waals surface area contributed by atoms with Crippen LogP contribution in [0, 0.1) is 45.4 Å². The second kappa shape index (κ2) is 12.1. The first kappa shape index (κ1) is 33.2. The molecule has 4 aromatic carbocycles. The molecule has 4 aliphatic rings. The topological polar surface area (TPSA) is 150 Å². The van der Waals surface area contributed by atoms with E-state index in [-0.39, 0.29) is 35.5 Å². The van der Waals surface area contributed by atoms with Crippen molar-refractivity contribution in [1.82, 2.24) is 5.01 Å². The molecule has 6 unspecified atom stereocenters.